The summed E-state index contributed by atoms with van der Waals surface area (Å²) in [5, 5.41) is 9.09. The molecular weight excluding hydrogens is 254 g/mol. The van der Waals surface area contributed by atoms with Gasteiger partial charge in [0.15, 0.2) is 0 Å². The number of hydrogen-bond acceptors (Lipinski definition) is 3. The standard InChI is InChI=1S/C12H15NO4S/c14-11(15)12(7-4-8-12)13-18(16,17)9-10-5-2-1-3-6-10/h1-3,5-6,13H,4,7-9H2,(H,14,15). The van der Waals surface area contributed by atoms with E-state index in [0.717, 1.165) is 6.42 Å². The lowest BCUT2D eigenvalue weighted by molar-refractivity contribution is -0.147. The normalized spacial score (nSPS) is 18.0. The van der Waals surface area contributed by atoms with Crippen molar-refractivity contribution in [3.8, 4) is 0 Å². The highest BCUT2D eigenvalue weighted by atomic mass is 32.2. The number of hydrogen-bond donors (Lipinski definition) is 2. The van der Waals surface area contributed by atoms with Crippen molar-refractivity contribution in [1.29, 1.82) is 0 Å². The quantitative estimate of drug-likeness (QED) is 0.838. The van der Waals surface area contributed by atoms with E-state index < -0.39 is 21.5 Å². The van der Waals surface area contributed by atoms with Crippen LogP contribution in [0.15, 0.2) is 30.3 Å². The molecule has 0 unspecified atom stereocenters. The first-order chi connectivity index (χ1) is 8.44. The van der Waals surface area contributed by atoms with Gasteiger partial charge >= 0.3 is 5.97 Å². The molecule has 0 aromatic heterocycles. The van der Waals surface area contributed by atoms with E-state index in [1.807, 2.05) is 0 Å². The average molecular weight is 269 g/mol. The molecule has 0 aliphatic heterocycles. The molecule has 18 heavy (non-hydrogen) atoms. The summed E-state index contributed by atoms with van der Waals surface area (Å²) in [6, 6.07) is 8.71. The molecular formula is C12H15NO4S. The number of carboxylic acids is 1. The topological polar surface area (TPSA) is 83.5 Å². The number of carboxylic acid groups (broad SMARTS) is 1. The van der Waals surface area contributed by atoms with E-state index in [9.17, 15) is 13.2 Å². The van der Waals surface area contributed by atoms with Crippen molar-refractivity contribution in [1.82, 2.24) is 4.72 Å². The van der Waals surface area contributed by atoms with Crippen LogP contribution in [0.4, 0.5) is 0 Å². The molecule has 0 spiro atoms. The third-order valence-corrected chi connectivity index (χ3v) is 4.58. The molecule has 5 nitrogen and oxygen atoms in total. The fraction of sp³-hybridized carbons (Fsp3) is 0.417. The molecule has 0 radical (unpaired) electrons. The van der Waals surface area contributed by atoms with E-state index in [1.54, 1.807) is 30.3 Å². The third kappa shape index (κ3) is 2.70. The van der Waals surface area contributed by atoms with Gasteiger partial charge in [0, 0.05) is 0 Å². The maximum absolute atomic E-state index is 11.9. The Morgan fingerprint density at radius 2 is 1.89 bits per heavy atom. The summed E-state index contributed by atoms with van der Waals surface area (Å²) in [6.07, 6.45) is 1.45. The number of nitrogens with one attached hydrogen (secondary N) is 1. The summed E-state index contributed by atoms with van der Waals surface area (Å²) >= 11 is 0. The molecule has 98 valence electrons. The van der Waals surface area contributed by atoms with E-state index in [0.29, 0.717) is 18.4 Å². The summed E-state index contributed by atoms with van der Waals surface area (Å²) < 4.78 is 26.2. The zero-order valence-electron chi connectivity index (χ0n) is 9.80. The van der Waals surface area contributed by atoms with Crippen molar-refractivity contribution >= 4 is 16.0 Å². The first-order valence-electron chi connectivity index (χ1n) is 5.73. The van der Waals surface area contributed by atoms with Crippen molar-refractivity contribution in [2.75, 3.05) is 0 Å². The monoisotopic (exact) mass is 269 g/mol. The fourth-order valence-electron chi connectivity index (χ4n) is 2.02. The van der Waals surface area contributed by atoms with Gasteiger partial charge in [0.1, 0.15) is 5.54 Å². The molecule has 0 saturated heterocycles. The number of aliphatic carboxylic acids is 1. The molecule has 1 aliphatic carbocycles. The first kappa shape index (κ1) is 13.0. The molecule has 1 fully saturated rings. The Labute approximate surface area is 106 Å². The largest absolute Gasteiger partial charge is 0.480 e. The highest BCUT2D eigenvalue weighted by molar-refractivity contribution is 7.88. The number of rotatable bonds is 5. The number of carbonyl (C=O) groups is 1. The Bertz CT molecular complexity index is 534. The molecule has 0 bridgehead atoms. The van der Waals surface area contributed by atoms with Crippen molar-refractivity contribution in [2.45, 2.75) is 30.6 Å². The second-order valence-corrected chi connectivity index (χ2v) is 6.31. The van der Waals surface area contributed by atoms with Crippen LogP contribution < -0.4 is 4.72 Å². The van der Waals surface area contributed by atoms with Crippen LogP contribution in [0.25, 0.3) is 0 Å². The van der Waals surface area contributed by atoms with Crippen molar-refractivity contribution in [3.63, 3.8) is 0 Å². The maximum atomic E-state index is 11.9. The minimum atomic E-state index is -3.63. The van der Waals surface area contributed by atoms with Gasteiger partial charge in [-0.05, 0) is 24.8 Å². The predicted octanol–water partition coefficient (Wildman–Crippen LogP) is 1.11. The smallest absolute Gasteiger partial charge is 0.324 e. The Kier molecular flexibility index (Phi) is 3.41. The van der Waals surface area contributed by atoms with Gasteiger partial charge < -0.3 is 5.11 Å². The van der Waals surface area contributed by atoms with Crippen LogP contribution in [-0.4, -0.2) is 25.0 Å². The van der Waals surface area contributed by atoms with Crippen LogP contribution in [0, 0.1) is 0 Å². The minimum Gasteiger partial charge on any atom is -0.480 e. The van der Waals surface area contributed by atoms with Gasteiger partial charge in [-0.1, -0.05) is 30.3 Å². The third-order valence-electron chi connectivity index (χ3n) is 3.17. The summed E-state index contributed by atoms with van der Waals surface area (Å²) in [7, 11) is -3.63. The number of sulfonamides is 1. The van der Waals surface area contributed by atoms with Crippen molar-refractivity contribution in [2.24, 2.45) is 0 Å². The summed E-state index contributed by atoms with van der Waals surface area (Å²) in [5.41, 5.74) is -0.641. The van der Waals surface area contributed by atoms with E-state index in [4.69, 9.17) is 5.11 Å². The van der Waals surface area contributed by atoms with Crippen LogP contribution in [-0.2, 0) is 20.6 Å². The lowest BCUT2D eigenvalue weighted by Gasteiger charge is -2.37. The lowest BCUT2D eigenvalue weighted by Crippen LogP contribution is -2.59. The Morgan fingerprint density at radius 1 is 1.28 bits per heavy atom. The Balaban J connectivity index is 2.11. The molecule has 2 N–H and O–H groups in total. The average Bonchev–Trinajstić information content (AvgIpc) is 2.24. The second-order valence-electron chi connectivity index (χ2n) is 4.59. The molecule has 1 aromatic rings. The highest BCUT2D eigenvalue weighted by Gasteiger charge is 2.47. The van der Waals surface area contributed by atoms with Gasteiger partial charge in [-0.2, -0.15) is 4.72 Å². The number of benzene rings is 1. The Hall–Kier alpha value is -1.40. The molecule has 1 aliphatic rings. The SMILES string of the molecule is O=C(O)C1(NS(=O)(=O)Cc2ccccc2)CCC1. The van der Waals surface area contributed by atoms with E-state index in [1.165, 1.54) is 0 Å². The van der Waals surface area contributed by atoms with Gasteiger partial charge in [-0.25, -0.2) is 8.42 Å². The van der Waals surface area contributed by atoms with Gasteiger partial charge in [0.2, 0.25) is 10.0 Å². The minimum absolute atomic E-state index is 0.192. The van der Waals surface area contributed by atoms with E-state index in [-0.39, 0.29) is 5.75 Å². The lowest BCUT2D eigenvalue weighted by atomic mass is 9.78. The van der Waals surface area contributed by atoms with Crippen LogP contribution in [0.2, 0.25) is 0 Å². The van der Waals surface area contributed by atoms with Crippen molar-refractivity contribution in [3.05, 3.63) is 35.9 Å². The first-order valence-corrected chi connectivity index (χ1v) is 7.38. The molecule has 6 heteroatoms. The van der Waals surface area contributed by atoms with Gasteiger partial charge in [0.05, 0.1) is 5.75 Å². The molecule has 0 heterocycles. The second kappa shape index (κ2) is 4.70. The van der Waals surface area contributed by atoms with Gasteiger partial charge in [0.25, 0.3) is 0 Å². The summed E-state index contributed by atoms with van der Waals surface area (Å²) in [4.78, 5) is 11.1. The molecule has 2 rings (SSSR count). The molecule has 1 saturated carbocycles. The zero-order valence-corrected chi connectivity index (χ0v) is 10.6. The van der Waals surface area contributed by atoms with Gasteiger partial charge in [-0.15, -0.1) is 0 Å². The predicted molar refractivity (Wildman–Crippen MR) is 66.4 cm³/mol. The van der Waals surface area contributed by atoms with Gasteiger partial charge in [-0.3, -0.25) is 4.79 Å². The zero-order chi connectivity index (χ0) is 13.2. The van der Waals surface area contributed by atoms with Crippen LogP contribution in [0.3, 0.4) is 0 Å². The summed E-state index contributed by atoms with van der Waals surface area (Å²) in [5.74, 6) is -1.28. The highest BCUT2D eigenvalue weighted by Crippen LogP contribution is 2.33. The van der Waals surface area contributed by atoms with E-state index >= 15 is 0 Å². The molecule has 1 aromatic carbocycles. The van der Waals surface area contributed by atoms with Crippen LogP contribution in [0.1, 0.15) is 24.8 Å². The van der Waals surface area contributed by atoms with Crippen LogP contribution >= 0.6 is 0 Å². The molecule has 0 amide bonds. The van der Waals surface area contributed by atoms with Crippen LogP contribution in [0.5, 0.6) is 0 Å². The Morgan fingerprint density at radius 3 is 2.33 bits per heavy atom. The maximum Gasteiger partial charge on any atom is 0.324 e. The van der Waals surface area contributed by atoms with Crippen molar-refractivity contribution < 1.29 is 18.3 Å². The molecule has 0 atom stereocenters. The summed E-state index contributed by atoms with van der Waals surface area (Å²) in [6.45, 7) is 0. The van der Waals surface area contributed by atoms with E-state index in [2.05, 4.69) is 4.72 Å². The fourth-order valence-corrected chi connectivity index (χ4v) is 3.61.